The summed E-state index contributed by atoms with van der Waals surface area (Å²) in [4.78, 5) is 24.7. The number of fused-ring (bicyclic) bond motifs is 1. The van der Waals surface area contributed by atoms with E-state index in [4.69, 9.17) is 0 Å². The number of benzene rings is 1. The third kappa shape index (κ3) is 2.54. The van der Waals surface area contributed by atoms with Crippen LogP contribution in [-0.2, 0) is 17.8 Å². The highest BCUT2D eigenvalue weighted by molar-refractivity contribution is 5.89. The summed E-state index contributed by atoms with van der Waals surface area (Å²) in [7, 11) is 0. The lowest BCUT2D eigenvalue weighted by Crippen LogP contribution is -2.41. The molecule has 2 N–H and O–H groups in total. The third-order valence-corrected chi connectivity index (χ3v) is 4.14. The maximum atomic E-state index is 11.2. The zero-order valence-electron chi connectivity index (χ0n) is 11.3. The fraction of sp³-hybridized carbons (Fsp3) is 0.467. The van der Waals surface area contributed by atoms with Crippen molar-refractivity contribution in [3.05, 3.63) is 34.9 Å². The highest BCUT2D eigenvalue weighted by Crippen LogP contribution is 2.23. The van der Waals surface area contributed by atoms with Crippen molar-refractivity contribution in [3.63, 3.8) is 0 Å². The monoisotopic (exact) mass is 274 g/mol. The molecule has 106 valence electrons. The van der Waals surface area contributed by atoms with E-state index in [0.717, 1.165) is 43.6 Å². The zero-order valence-corrected chi connectivity index (χ0v) is 11.3. The Morgan fingerprint density at radius 3 is 2.95 bits per heavy atom. The van der Waals surface area contributed by atoms with Gasteiger partial charge in [0.25, 0.3) is 0 Å². The van der Waals surface area contributed by atoms with Gasteiger partial charge in [0.05, 0.1) is 5.56 Å². The van der Waals surface area contributed by atoms with Gasteiger partial charge in [0, 0.05) is 32.1 Å². The lowest BCUT2D eigenvalue weighted by atomic mass is 9.94. The topological polar surface area (TPSA) is 69.6 Å². The Balaban J connectivity index is 1.71. The fourth-order valence-electron chi connectivity index (χ4n) is 3.15. The van der Waals surface area contributed by atoms with Crippen molar-refractivity contribution in [2.24, 2.45) is 0 Å². The molecule has 1 unspecified atom stereocenters. The van der Waals surface area contributed by atoms with Crippen molar-refractivity contribution < 1.29 is 14.7 Å². The second-order valence-electron chi connectivity index (χ2n) is 5.54. The number of hydrogen-bond acceptors (Lipinski definition) is 3. The molecule has 5 nitrogen and oxygen atoms in total. The van der Waals surface area contributed by atoms with E-state index in [1.807, 2.05) is 12.1 Å². The summed E-state index contributed by atoms with van der Waals surface area (Å²) in [6.07, 6.45) is 2.29. The Labute approximate surface area is 117 Å². The number of carbonyl (C=O) groups is 2. The standard InChI is InChI=1S/C15H18N2O3/c18-14-5-4-11(16-14)9-17-7-6-12-10(8-17)2-1-3-13(12)15(19)20/h1-3,11H,4-9H2,(H,16,18)(H,19,20). The van der Waals surface area contributed by atoms with E-state index in [1.165, 1.54) is 0 Å². The number of hydrogen-bond donors (Lipinski definition) is 2. The Hall–Kier alpha value is -1.88. The average molecular weight is 274 g/mol. The molecular formula is C15H18N2O3. The van der Waals surface area contributed by atoms with Gasteiger partial charge in [0.1, 0.15) is 0 Å². The van der Waals surface area contributed by atoms with Gasteiger partial charge in [-0.3, -0.25) is 9.69 Å². The molecule has 1 atom stereocenters. The summed E-state index contributed by atoms with van der Waals surface area (Å²) in [6, 6.07) is 5.73. The van der Waals surface area contributed by atoms with Gasteiger partial charge < -0.3 is 10.4 Å². The van der Waals surface area contributed by atoms with Gasteiger partial charge in [-0.25, -0.2) is 4.79 Å². The van der Waals surface area contributed by atoms with Crippen molar-refractivity contribution in [3.8, 4) is 0 Å². The zero-order chi connectivity index (χ0) is 14.1. The van der Waals surface area contributed by atoms with Gasteiger partial charge in [-0.15, -0.1) is 0 Å². The van der Waals surface area contributed by atoms with Crippen molar-refractivity contribution in [1.82, 2.24) is 10.2 Å². The van der Waals surface area contributed by atoms with Crippen LogP contribution >= 0.6 is 0 Å². The van der Waals surface area contributed by atoms with E-state index in [1.54, 1.807) is 6.07 Å². The van der Waals surface area contributed by atoms with Crippen molar-refractivity contribution in [1.29, 1.82) is 0 Å². The lowest BCUT2D eigenvalue weighted by molar-refractivity contribution is -0.119. The lowest BCUT2D eigenvalue weighted by Gasteiger charge is -2.31. The number of carbonyl (C=O) groups excluding carboxylic acids is 1. The summed E-state index contributed by atoms with van der Waals surface area (Å²) in [6.45, 7) is 2.47. The molecule has 2 heterocycles. The molecule has 1 saturated heterocycles. The molecule has 0 bridgehead atoms. The van der Waals surface area contributed by atoms with E-state index in [-0.39, 0.29) is 11.9 Å². The van der Waals surface area contributed by atoms with E-state index < -0.39 is 5.97 Å². The quantitative estimate of drug-likeness (QED) is 0.863. The molecule has 0 radical (unpaired) electrons. The summed E-state index contributed by atoms with van der Waals surface area (Å²) < 4.78 is 0. The van der Waals surface area contributed by atoms with Crippen LogP contribution in [-0.4, -0.2) is 41.0 Å². The molecule has 1 aromatic rings. The molecule has 0 aromatic heterocycles. The van der Waals surface area contributed by atoms with Crippen LogP contribution in [0.4, 0.5) is 0 Å². The second-order valence-corrected chi connectivity index (χ2v) is 5.54. The highest BCUT2D eigenvalue weighted by atomic mass is 16.4. The molecule has 0 spiro atoms. The molecule has 1 amide bonds. The van der Waals surface area contributed by atoms with Crippen LogP contribution in [0.1, 0.15) is 34.3 Å². The van der Waals surface area contributed by atoms with Crippen LogP contribution in [0.5, 0.6) is 0 Å². The van der Waals surface area contributed by atoms with Gasteiger partial charge in [-0.2, -0.15) is 0 Å². The molecule has 2 aliphatic heterocycles. The molecule has 20 heavy (non-hydrogen) atoms. The Morgan fingerprint density at radius 2 is 2.25 bits per heavy atom. The van der Waals surface area contributed by atoms with E-state index in [9.17, 15) is 14.7 Å². The van der Waals surface area contributed by atoms with Crippen molar-refractivity contribution in [2.45, 2.75) is 31.8 Å². The first-order valence-corrected chi connectivity index (χ1v) is 6.99. The van der Waals surface area contributed by atoms with Crippen molar-refractivity contribution >= 4 is 11.9 Å². The maximum Gasteiger partial charge on any atom is 0.335 e. The minimum atomic E-state index is -0.849. The van der Waals surface area contributed by atoms with Gasteiger partial charge in [-0.05, 0) is 30.0 Å². The van der Waals surface area contributed by atoms with Crippen LogP contribution in [0.15, 0.2) is 18.2 Å². The maximum absolute atomic E-state index is 11.2. The molecule has 5 heteroatoms. The van der Waals surface area contributed by atoms with Gasteiger partial charge >= 0.3 is 5.97 Å². The first-order valence-electron chi connectivity index (χ1n) is 6.99. The summed E-state index contributed by atoms with van der Waals surface area (Å²) in [5.74, 6) is -0.709. The Bertz CT molecular complexity index is 556. The van der Waals surface area contributed by atoms with Crippen LogP contribution in [0.3, 0.4) is 0 Å². The molecular weight excluding hydrogens is 256 g/mol. The average Bonchev–Trinajstić information content (AvgIpc) is 2.83. The number of carboxylic acid groups (broad SMARTS) is 1. The van der Waals surface area contributed by atoms with Gasteiger partial charge in [0.2, 0.25) is 5.91 Å². The van der Waals surface area contributed by atoms with E-state index in [0.29, 0.717) is 12.0 Å². The number of aromatic carboxylic acids is 1. The number of nitrogens with zero attached hydrogens (tertiary/aromatic N) is 1. The van der Waals surface area contributed by atoms with Gasteiger partial charge in [-0.1, -0.05) is 12.1 Å². The van der Waals surface area contributed by atoms with Gasteiger partial charge in [0.15, 0.2) is 0 Å². The van der Waals surface area contributed by atoms with Crippen LogP contribution in [0.25, 0.3) is 0 Å². The fourth-order valence-corrected chi connectivity index (χ4v) is 3.15. The summed E-state index contributed by atoms with van der Waals surface area (Å²) in [5.41, 5.74) is 2.49. The Kier molecular flexibility index (Phi) is 3.44. The predicted molar refractivity (Wildman–Crippen MR) is 73.5 cm³/mol. The predicted octanol–water partition coefficient (Wildman–Crippen LogP) is 1.02. The molecule has 2 aliphatic rings. The third-order valence-electron chi connectivity index (χ3n) is 4.14. The van der Waals surface area contributed by atoms with Crippen LogP contribution in [0.2, 0.25) is 0 Å². The molecule has 1 fully saturated rings. The van der Waals surface area contributed by atoms with Crippen LogP contribution < -0.4 is 5.32 Å². The minimum Gasteiger partial charge on any atom is -0.478 e. The smallest absolute Gasteiger partial charge is 0.335 e. The normalized spacial score (nSPS) is 22.4. The first-order chi connectivity index (χ1) is 9.63. The number of amides is 1. The van der Waals surface area contributed by atoms with E-state index >= 15 is 0 Å². The molecule has 1 aromatic carbocycles. The second kappa shape index (κ2) is 5.25. The highest BCUT2D eigenvalue weighted by Gasteiger charge is 2.26. The van der Waals surface area contributed by atoms with Crippen molar-refractivity contribution in [2.75, 3.05) is 13.1 Å². The van der Waals surface area contributed by atoms with E-state index in [2.05, 4.69) is 10.2 Å². The summed E-state index contributed by atoms with van der Waals surface area (Å²) in [5, 5.41) is 12.2. The summed E-state index contributed by atoms with van der Waals surface area (Å²) >= 11 is 0. The number of rotatable bonds is 3. The molecule has 0 saturated carbocycles. The number of carboxylic acids is 1. The SMILES string of the molecule is O=C1CCC(CN2CCc3c(cccc3C(=O)O)C2)N1. The van der Waals surface area contributed by atoms with Crippen LogP contribution in [0, 0.1) is 0 Å². The Morgan fingerprint density at radius 1 is 1.40 bits per heavy atom. The minimum absolute atomic E-state index is 0.139. The first kappa shape index (κ1) is 13.1. The molecule has 0 aliphatic carbocycles. The molecule has 3 rings (SSSR count). The largest absolute Gasteiger partial charge is 0.478 e. The number of nitrogens with one attached hydrogen (secondary N) is 1.